The van der Waals surface area contributed by atoms with E-state index in [0.717, 1.165) is 0 Å². The molecule has 1 aromatic carbocycles. The first-order valence-electron chi connectivity index (χ1n) is 5.43. The summed E-state index contributed by atoms with van der Waals surface area (Å²) < 4.78 is 39.2. The molecule has 1 unspecified atom stereocenters. The highest BCUT2D eigenvalue weighted by atomic mass is 32.2. The van der Waals surface area contributed by atoms with E-state index >= 15 is 0 Å². The molecule has 2 rings (SSSR count). The van der Waals surface area contributed by atoms with Gasteiger partial charge in [-0.3, -0.25) is 0 Å². The van der Waals surface area contributed by atoms with E-state index < -0.39 is 15.8 Å². The van der Waals surface area contributed by atoms with E-state index in [1.165, 1.54) is 16.4 Å². The molecule has 1 aromatic rings. The smallest absolute Gasteiger partial charge is 0.246 e. The molecule has 1 heterocycles. The van der Waals surface area contributed by atoms with Crippen LogP contribution in [-0.2, 0) is 10.0 Å². The Morgan fingerprint density at radius 2 is 2.18 bits per heavy atom. The number of halogens is 1. The number of rotatable bonds is 2. The summed E-state index contributed by atoms with van der Waals surface area (Å²) in [5.74, 6) is -0.712. The minimum Gasteiger partial charge on any atom is -0.326 e. The molecule has 0 aliphatic carbocycles. The van der Waals surface area contributed by atoms with Crippen LogP contribution < -0.4 is 5.73 Å². The van der Waals surface area contributed by atoms with Gasteiger partial charge in [-0.2, -0.15) is 4.31 Å². The van der Waals surface area contributed by atoms with Crippen molar-refractivity contribution < 1.29 is 12.8 Å². The minimum atomic E-state index is -3.75. The van der Waals surface area contributed by atoms with Crippen LogP contribution in [0, 0.1) is 12.7 Å². The molecule has 0 radical (unpaired) electrons. The molecule has 4 nitrogen and oxygen atoms in total. The number of nitrogens with two attached hydrogens (primary N) is 1. The van der Waals surface area contributed by atoms with Crippen LogP contribution in [-0.4, -0.2) is 31.9 Å². The minimum absolute atomic E-state index is 0.155. The summed E-state index contributed by atoms with van der Waals surface area (Å²) in [5.41, 5.74) is 6.38. The van der Waals surface area contributed by atoms with Crippen LogP contribution in [0.15, 0.2) is 23.1 Å². The Balaban J connectivity index is 2.41. The fourth-order valence-electron chi connectivity index (χ4n) is 1.92. The van der Waals surface area contributed by atoms with Gasteiger partial charge in [-0.15, -0.1) is 0 Å². The van der Waals surface area contributed by atoms with Gasteiger partial charge >= 0.3 is 0 Å². The third-order valence-corrected chi connectivity index (χ3v) is 4.77. The molecule has 0 bridgehead atoms. The molecule has 94 valence electrons. The van der Waals surface area contributed by atoms with Gasteiger partial charge in [-0.1, -0.05) is 6.07 Å². The first-order valence-corrected chi connectivity index (χ1v) is 6.87. The maximum absolute atomic E-state index is 13.6. The first kappa shape index (κ1) is 12.5. The Morgan fingerprint density at radius 3 is 2.76 bits per heavy atom. The van der Waals surface area contributed by atoms with Gasteiger partial charge in [0.15, 0.2) is 0 Å². The van der Waals surface area contributed by atoms with E-state index in [1.807, 2.05) is 0 Å². The fraction of sp³-hybridized carbons (Fsp3) is 0.455. The van der Waals surface area contributed by atoms with E-state index in [-0.39, 0.29) is 17.5 Å². The van der Waals surface area contributed by atoms with Crippen molar-refractivity contribution in [2.45, 2.75) is 24.3 Å². The fourth-order valence-corrected chi connectivity index (χ4v) is 3.58. The van der Waals surface area contributed by atoms with E-state index in [2.05, 4.69) is 0 Å². The van der Waals surface area contributed by atoms with Crippen molar-refractivity contribution in [2.24, 2.45) is 5.73 Å². The lowest BCUT2D eigenvalue weighted by molar-refractivity contribution is 0.465. The summed E-state index contributed by atoms with van der Waals surface area (Å²) in [7, 11) is -3.75. The molecule has 1 saturated heterocycles. The lowest BCUT2D eigenvalue weighted by Crippen LogP contribution is -2.32. The first-order chi connectivity index (χ1) is 7.91. The van der Waals surface area contributed by atoms with E-state index in [0.29, 0.717) is 18.5 Å². The van der Waals surface area contributed by atoms with Crippen LogP contribution in [0.25, 0.3) is 0 Å². The zero-order chi connectivity index (χ0) is 12.6. The van der Waals surface area contributed by atoms with Gasteiger partial charge < -0.3 is 5.73 Å². The third-order valence-electron chi connectivity index (χ3n) is 2.89. The molecular formula is C11H15FN2O2S. The summed E-state index contributed by atoms with van der Waals surface area (Å²) in [5, 5.41) is 0. The molecule has 0 aromatic heterocycles. The van der Waals surface area contributed by atoms with E-state index in [1.54, 1.807) is 13.0 Å². The van der Waals surface area contributed by atoms with E-state index in [9.17, 15) is 12.8 Å². The molecule has 2 N–H and O–H groups in total. The maximum Gasteiger partial charge on any atom is 0.246 e. The standard InChI is InChI=1S/C11H15FN2O2S/c1-8-2-3-10(12)11(6-8)17(15,16)14-5-4-9(13)7-14/h2-3,6,9H,4-5,7,13H2,1H3. The third kappa shape index (κ3) is 2.34. The highest BCUT2D eigenvalue weighted by molar-refractivity contribution is 7.89. The second-order valence-corrected chi connectivity index (χ2v) is 6.25. The summed E-state index contributed by atoms with van der Waals surface area (Å²) in [6, 6.07) is 3.93. The van der Waals surface area contributed by atoms with Crippen LogP contribution in [0.2, 0.25) is 0 Å². The van der Waals surface area contributed by atoms with Crippen LogP contribution >= 0.6 is 0 Å². The summed E-state index contributed by atoms with van der Waals surface area (Å²) in [6.45, 7) is 2.35. The number of benzene rings is 1. The molecule has 17 heavy (non-hydrogen) atoms. The maximum atomic E-state index is 13.6. The van der Waals surface area contributed by atoms with Gasteiger partial charge in [0.1, 0.15) is 10.7 Å². The van der Waals surface area contributed by atoms with Crippen molar-refractivity contribution in [3.63, 3.8) is 0 Å². The predicted octanol–water partition coefficient (Wildman–Crippen LogP) is 0.856. The number of hydrogen-bond donors (Lipinski definition) is 1. The van der Waals surface area contributed by atoms with Gasteiger partial charge in [0.2, 0.25) is 10.0 Å². The van der Waals surface area contributed by atoms with Gasteiger partial charge in [0, 0.05) is 19.1 Å². The largest absolute Gasteiger partial charge is 0.326 e. The van der Waals surface area contributed by atoms with Crippen molar-refractivity contribution in [1.29, 1.82) is 0 Å². The van der Waals surface area contributed by atoms with Crippen molar-refractivity contribution in [1.82, 2.24) is 4.31 Å². The van der Waals surface area contributed by atoms with Gasteiger partial charge in [0.25, 0.3) is 0 Å². The SMILES string of the molecule is Cc1ccc(F)c(S(=O)(=O)N2CCC(N)C2)c1. The Hall–Kier alpha value is -0.980. The Morgan fingerprint density at radius 1 is 1.47 bits per heavy atom. The van der Waals surface area contributed by atoms with Crippen LogP contribution in [0.3, 0.4) is 0 Å². The zero-order valence-electron chi connectivity index (χ0n) is 9.56. The quantitative estimate of drug-likeness (QED) is 0.855. The molecule has 1 atom stereocenters. The average Bonchev–Trinajstić information content (AvgIpc) is 2.69. The normalized spacial score (nSPS) is 21.9. The van der Waals surface area contributed by atoms with Crippen molar-refractivity contribution in [3.05, 3.63) is 29.6 Å². The van der Waals surface area contributed by atoms with Gasteiger partial charge in [0.05, 0.1) is 0 Å². The topological polar surface area (TPSA) is 63.4 Å². The lowest BCUT2D eigenvalue weighted by Gasteiger charge is -2.16. The molecule has 0 spiro atoms. The van der Waals surface area contributed by atoms with Crippen LogP contribution in [0.4, 0.5) is 4.39 Å². The summed E-state index contributed by atoms with van der Waals surface area (Å²) in [4.78, 5) is -0.258. The van der Waals surface area contributed by atoms with Gasteiger partial charge in [-0.05, 0) is 31.0 Å². The van der Waals surface area contributed by atoms with Crippen LogP contribution in [0.1, 0.15) is 12.0 Å². The molecule has 0 saturated carbocycles. The molecule has 1 aliphatic rings. The number of nitrogens with zero attached hydrogens (tertiary/aromatic N) is 1. The number of hydrogen-bond acceptors (Lipinski definition) is 3. The Bertz CT molecular complexity index is 530. The average molecular weight is 258 g/mol. The van der Waals surface area contributed by atoms with Crippen molar-refractivity contribution in [2.75, 3.05) is 13.1 Å². The van der Waals surface area contributed by atoms with Crippen molar-refractivity contribution >= 4 is 10.0 Å². The zero-order valence-corrected chi connectivity index (χ0v) is 10.4. The Kier molecular flexibility index (Phi) is 3.20. The van der Waals surface area contributed by atoms with Crippen LogP contribution in [0.5, 0.6) is 0 Å². The number of sulfonamides is 1. The molecular weight excluding hydrogens is 243 g/mol. The highest BCUT2D eigenvalue weighted by Gasteiger charge is 2.32. The number of aryl methyl sites for hydroxylation is 1. The molecule has 1 aliphatic heterocycles. The second kappa shape index (κ2) is 4.36. The Labute approximate surface area is 100 Å². The predicted molar refractivity (Wildman–Crippen MR) is 62.5 cm³/mol. The molecule has 1 fully saturated rings. The monoisotopic (exact) mass is 258 g/mol. The van der Waals surface area contributed by atoms with Crippen molar-refractivity contribution in [3.8, 4) is 0 Å². The second-order valence-electron chi connectivity index (χ2n) is 4.35. The van der Waals surface area contributed by atoms with E-state index in [4.69, 9.17) is 5.73 Å². The molecule has 6 heteroatoms. The van der Waals surface area contributed by atoms with Gasteiger partial charge in [-0.25, -0.2) is 12.8 Å². The lowest BCUT2D eigenvalue weighted by atomic mass is 10.2. The molecule has 0 amide bonds. The summed E-state index contributed by atoms with van der Waals surface area (Å²) in [6.07, 6.45) is 0.618. The summed E-state index contributed by atoms with van der Waals surface area (Å²) >= 11 is 0. The highest BCUT2D eigenvalue weighted by Crippen LogP contribution is 2.23.